The normalized spacial score (nSPS) is 15.4. The molecule has 24 heavy (non-hydrogen) atoms. The van der Waals surface area contributed by atoms with Gasteiger partial charge in [-0.3, -0.25) is 4.98 Å². The van der Waals surface area contributed by atoms with E-state index in [1.54, 1.807) is 0 Å². The van der Waals surface area contributed by atoms with Crippen molar-refractivity contribution in [2.45, 2.75) is 39.5 Å². The molecule has 1 saturated heterocycles. The van der Waals surface area contributed by atoms with Crippen LogP contribution < -0.4 is 9.80 Å². The number of anilines is 2. The number of aromatic nitrogens is 3. The Morgan fingerprint density at radius 1 is 0.833 bits per heavy atom. The van der Waals surface area contributed by atoms with Crippen molar-refractivity contribution in [3.05, 3.63) is 42.1 Å². The molecule has 5 heteroatoms. The number of piperazine rings is 1. The number of rotatable bonds is 4. The van der Waals surface area contributed by atoms with Crippen molar-refractivity contribution >= 4 is 11.5 Å². The van der Waals surface area contributed by atoms with Gasteiger partial charge in [-0.05, 0) is 18.1 Å². The maximum absolute atomic E-state index is 4.82. The van der Waals surface area contributed by atoms with Gasteiger partial charge in [-0.2, -0.15) is 0 Å². The highest BCUT2D eigenvalue weighted by atomic mass is 15.3. The standard InChI is InChI=1S/C19H27N5/c1-14(2)17-13-18(22-19(21-17)15(3)4)24-11-9-23(10-12-24)16-5-7-20-8-6-16/h5-8,13-15H,9-12H2,1-4H3. The molecule has 3 heterocycles. The van der Waals surface area contributed by atoms with Crippen molar-refractivity contribution in [3.63, 3.8) is 0 Å². The average Bonchev–Trinajstić information content (AvgIpc) is 2.62. The first-order chi connectivity index (χ1) is 11.5. The van der Waals surface area contributed by atoms with Crippen LogP contribution in [0.4, 0.5) is 11.5 Å². The van der Waals surface area contributed by atoms with Crippen LogP contribution in [0.1, 0.15) is 51.0 Å². The van der Waals surface area contributed by atoms with Crippen LogP contribution in [0, 0.1) is 0 Å². The molecule has 0 unspecified atom stereocenters. The van der Waals surface area contributed by atoms with E-state index >= 15 is 0 Å². The molecule has 0 atom stereocenters. The molecule has 3 rings (SSSR count). The molecule has 1 aliphatic heterocycles. The third-order valence-electron chi connectivity index (χ3n) is 4.49. The van der Waals surface area contributed by atoms with Gasteiger partial charge in [-0.1, -0.05) is 27.7 Å². The fourth-order valence-electron chi connectivity index (χ4n) is 2.94. The number of hydrogen-bond donors (Lipinski definition) is 0. The molecule has 2 aromatic heterocycles. The van der Waals surface area contributed by atoms with Crippen LogP contribution in [0.2, 0.25) is 0 Å². The molecule has 0 aromatic carbocycles. The molecule has 0 aliphatic carbocycles. The summed E-state index contributed by atoms with van der Waals surface area (Å²) in [6.45, 7) is 12.7. The van der Waals surface area contributed by atoms with E-state index in [0.717, 1.165) is 43.5 Å². The second-order valence-corrected chi connectivity index (χ2v) is 7.00. The zero-order valence-corrected chi connectivity index (χ0v) is 15.1. The van der Waals surface area contributed by atoms with Gasteiger partial charge >= 0.3 is 0 Å². The van der Waals surface area contributed by atoms with Crippen LogP contribution in [0.3, 0.4) is 0 Å². The van der Waals surface area contributed by atoms with Crippen LogP contribution in [0.5, 0.6) is 0 Å². The molecule has 0 saturated carbocycles. The summed E-state index contributed by atoms with van der Waals surface area (Å²) in [5, 5.41) is 0. The molecule has 0 spiro atoms. The van der Waals surface area contributed by atoms with Gasteiger partial charge in [0.25, 0.3) is 0 Å². The summed E-state index contributed by atoms with van der Waals surface area (Å²) < 4.78 is 0. The lowest BCUT2D eigenvalue weighted by Gasteiger charge is -2.37. The topological polar surface area (TPSA) is 45.2 Å². The van der Waals surface area contributed by atoms with Crippen molar-refractivity contribution in [1.29, 1.82) is 0 Å². The van der Waals surface area contributed by atoms with Crippen molar-refractivity contribution in [1.82, 2.24) is 15.0 Å². The SMILES string of the molecule is CC(C)c1cc(N2CCN(c3ccncc3)CC2)nc(C(C)C)n1. The molecule has 2 aromatic rings. The van der Waals surface area contributed by atoms with Gasteiger partial charge in [0.15, 0.2) is 0 Å². The summed E-state index contributed by atoms with van der Waals surface area (Å²) in [5.74, 6) is 2.79. The fourth-order valence-corrected chi connectivity index (χ4v) is 2.94. The van der Waals surface area contributed by atoms with Crippen molar-refractivity contribution in [3.8, 4) is 0 Å². The number of nitrogens with zero attached hydrogens (tertiary/aromatic N) is 5. The second kappa shape index (κ2) is 7.16. The maximum Gasteiger partial charge on any atom is 0.133 e. The van der Waals surface area contributed by atoms with Gasteiger partial charge in [0, 0.05) is 61.9 Å². The first-order valence-corrected chi connectivity index (χ1v) is 8.83. The third-order valence-corrected chi connectivity index (χ3v) is 4.49. The Morgan fingerprint density at radius 3 is 2.04 bits per heavy atom. The van der Waals surface area contributed by atoms with Crippen molar-refractivity contribution in [2.24, 2.45) is 0 Å². The lowest BCUT2D eigenvalue weighted by Crippen LogP contribution is -2.47. The van der Waals surface area contributed by atoms with Crippen LogP contribution >= 0.6 is 0 Å². The van der Waals surface area contributed by atoms with Gasteiger partial charge in [0.1, 0.15) is 11.6 Å². The van der Waals surface area contributed by atoms with Gasteiger partial charge in [0.05, 0.1) is 0 Å². The van der Waals surface area contributed by atoms with Crippen LogP contribution in [0.25, 0.3) is 0 Å². The Hall–Kier alpha value is -2.17. The Morgan fingerprint density at radius 2 is 1.46 bits per heavy atom. The second-order valence-electron chi connectivity index (χ2n) is 7.00. The monoisotopic (exact) mass is 325 g/mol. The van der Waals surface area contributed by atoms with E-state index in [-0.39, 0.29) is 0 Å². The minimum atomic E-state index is 0.348. The molecule has 0 radical (unpaired) electrons. The molecular formula is C19H27N5. The molecular weight excluding hydrogens is 298 g/mol. The van der Waals surface area contributed by atoms with Gasteiger partial charge in [0.2, 0.25) is 0 Å². The maximum atomic E-state index is 4.82. The summed E-state index contributed by atoms with van der Waals surface area (Å²) in [4.78, 5) is 18.5. The predicted molar refractivity (Wildman–Crippen MR) is 98.9 cm³/mol. The summed E-state index contributed by atoms with van der Waals surface area (Å²) in [6, 6.07) is 6.32. The molecule has 0 amide bonds. The van der Waals surface area contributed by atoms with E-state index in [4.69, 9.17) is 9.97 Å². The number of hydrogen-bond acceptors (Lipinski definition) is 5. The Kier molecular flexibility index (Phi) is 4.97. The zero-order chi connectivity index (χ0) is 17.1. The zero-order valence-electron chi connectivity index (χ0n) is 15.1. The summed E-state index contributed by atoms with van der Waals surface area (Å²) in [5.41, 5.74) is 2.39. The smallest absolute Gasteiger partial charge is 0.133 e. The molecule has 0 N–H and O–H groups in total. The molecule has 128 valence electrons. The Bertz CT molecular complexity index is 634. The quantitative estimate of drug-likeness (QED) is 0.861. The Balaban J connectivity index is 1.76. The van der Waals surface area contributed by atoms with E-state index in [2.05, 4.69) is 60.7 Å². The molecule has 0 bridgehead atoms. The van der Waals surface area contributed by atoms with Gasteiger partial charge in [-0.25, -0.2) is 9.97 Å². The van der Waals surface area contributed by atoms with E-state index < -0.39 is 0 Å². The van der Waals surface area contributed by atoms with Crippen LogP contribution in [-0.4, -0.2) is 41.1 Å². The minimum Gasteiger partial charge on any atom is -0.368 e. The Labute approximate surface area is 144 Å². The first-order valence-electron chi connectivity index (χ1n) is 8.83. The van der Waals surface area contributed by atoms with Crippen LogP contribution in [0.15, 0.2) is 30.6 Å². The average molecular weight is 325 g/mol. The highest BCUT2D eigenvalue weighted by Crippen LogP contribution is 2.24. The lowest BCUT2D eigenvalue weighted by atomic mass is 10.1. The predicted octanol–water partition coefficient (Wildman–Crippen LogP) is 3.45. The number of pyridine rings is 1. The summed E-state index contributed by atoms with van der Waals surface area (Å²) in [7, 11) is 0. The largest absolute Gasteiger partial charge is 0.368 e. The summed E-state index contributed by atoms with van der Waals surface area (Å²) >= 11 is 0. The van der Waals surface area contributed by atoms with Gasteiger partial charge < -0.3 is 9.80 Å². The molecule has 5 nitrogen and oxygen atoms in total. The highest BCUT2D eigenvalue weighted by Gasteiger charge is 2.20. The van der Waals surface area contributed by atoms with Crippen LogP contribution in [-0.2, 0) is 0 Å². The van der Waals surface area contributed by atoms with Crippen molar-refractivity contribution in [2.75, 3.05) is 36.0 Å². The lowest BCUT2D eigenvalue weighted by molar-refractivity contribution is 0.637. The first kappa shape index (κ1) is 16.7. The van der Waals surface area contributed by atoms with E-state index in [1.807, 2.05) is 12.4 Å². The molecule has 1 fully saturated rings. The molecule has 1 aliphatic rings. The van der Waals surface area contributed by atoms with Crippen molar-refractivity contribution < 1.29 is 0 Å². The summed E-state index contributed by atoms with van der Waals surface area (Å²) in [6.07, 6.45) is 3.71. The minimum absolute atomic E-state index is 0.348. The van der Waals surface area contributed by atoms with E-state index in [9.17, 15) is 0 Å². The van der Waals surface area contributed by atoms with E-state index in [0.29, 0.717) is 11.8 Å². The third kappa shape index (κ3) is 3.66. The van der Waals surface area contributed by atoms with Gasteiger partial charge in [-0.15, -0.1) is 0 Å². The highest BCUT2D eigenvalue weighted by molar-refractivity contribution is 5.48. The fraction of sp³-hybridized carbons (Fsp3) is 0.526. The van der Waals surface area contributed by atoms with E-state index in [1.165, 1.54) is 5.69 Å².